The van der Waals surface area contributed by atoms with Crippen LogP contribution in [0.2, 0.25) is 0 Å². The van der Waals surface area contributed by atoms with E-state index in [1.165, 1.54) is 0 Å². The van der Waals surface area contributed by atoms with Crippen molar-refractivity contribution in [1.82, 2.24) is 5.32 Å². The van der Waals surface area contributed by atoms with Crippen LogP contribution in [0.25, 0.3) is 0 Å². The van der Waals surface area contributed by atoms with Crippen LogP contribution in [-0.2, 0) is 9.59 Å². The van der Waals surface area contributed by atoms with Gasteiger partial charge in [0.2, 0.25) is 5.91 Å². The molecule has 0 aromatic carbocycles. The smallest absolute Gasteiger partial charge is 0.237 e. The summed E-state index contributed by atoms with van der Waals surface area (Å²) in [5.74, 6) is 0.682. The zero-order valence-corrected chi connectivity index (χ0v) is 10.3. The molecule has 0 heterocycles. The third-order valence-electron chi connectivity index (χ3n) is 2.15. The Kier molecular flexibility index (Phi) is 7.42. The van der Waals surface area contributed by atoms with Crippen molar-refractivity contribution in [3.8, 4) is 0 Å². The van der Waals surface area contributed by atoms with Gasteiger partial charge >= 0.3 is 0 Å². The minimum Gasteiger partial charge on any atom is -0.345 e. The number of nitrogens with one attached hydrogen (secondary N) is 1. The highest BCUT2D eigenvalue weighted by molar-refractivity contribution is 7.98. The fourth-order valence-corrected chi connectivity index (χ4v) is 1.49. The summed E-state index contributed by atoms with van der Waals surface area (Å²) in [5, 5.41) is 2.64. The maximum absolute atomic E-state index is 11.5. The SMILES string of the molecule is CSCCC(C=O)NC(=O)C(N)C(C)C. The Morgan fingerprint density at radius 3 is 2.53 bits per heavy atom. The molecule has 0 aliphatic rings. The number of nitrogens with two attached hydrogens (primary N) is 1. The summed E-state index contributed by atoms with van der Waals surface area (Å²) < 4.78 is 0. The van der Waals surface area contributed by atoms with Crippen LogP contribution in [0.3, 0.4) is 0 Å². The van der Waals surface area contributed by atoms with E-state index in [1.54, 1.807) is 11.8 Å². The largest absolute Gasteiger partial charge is 0.345 e. The van der Waals surface area contributed by atoms with Crippen molar-refractivity contribution in [2.24, 2.45) is 11.7 Å². The third-order valence-corrected chi connectivity index (χ3v) is 2.79. The number of carbonyl (C=O) groups excluding carboxylic acids is 2. The van der Waals surface area contributed by atoms with E-state index >= 15 is 0 Å². The maximum Gasteiger partial charge on any atom is 0.237 e. The molecule has 0 bridgehead atoms. The highest BCUT2D eigenvalue weighted by atomic mass is 32.2. The molecule has 0 fully saturated rings. The highest BCUT2D eigenvalue weighted by Crippen LogP contribution is 2.01. The van der Waals surface area contributed by atoms with Gasteiger partial charge in [-0.25, -0.2) is 0 Å². The van der Waals surface area contributed by atoms with E-state index in [9.17, 15) is 9.59 Å². The second-order valence-electron chi connectivity index (χ2n) is 3.80. The van der Waals surface area contributed by atoms with Gasteiger partial charge in [0.25, 0.3) is 0 Å². The van der Waals surface area contributed by atoms with E-state index in [2.05, 4.69) is 5.32 Å². The van der Waals surface area contributed by atoms with E-state index in [0.717, 1.165) is 12.0 Å². The maximum atomic E-state index is 11.5. The summed E-state index contributed by atoms with van der Waals surface area (Å²) in [6, 6.07) is -0.948. The quantitative estimate of drug-likeness (QED) is 0.624. The Labute approximate surface area is 95.4 Å². The topological polar surface area (TPSA) is 72.2 Å². The molecule has 0 aromatic rings. The second-order valence-corrected chi connectivity index (χ2v) is 4.79. The van der Waals surface area contributed by atoms with Crippen LogP contribution in [0, 0.1) is 5.92 Å². The molecule has 0 aliphatic heterocycles. The molecule has 2 atom stereocenters. The molecule has 15 heavy (non-hydrogen) atoms. The molecule has 1 amide bonds. The van der Waals surface area contributed by atoms with Gasteiger partial charge in [-0.1, -0.05) is 13.8 Å². The van der Waals surface area contributed by atoms with E-state index in [4.69, 9.17) is 5.73 Å². The van der Waals surface area contributed by atoms with Crippen molar-refractivity contribution in [2.45, 2.75) is 32.4 Å². The van der Waals surface area contributed by atoms with Crippen LogP contribution >= 0.6 is 11.8 Å². The van der Waals surface area contributed by atoms with Gasteiger partial charge in [0, 0.05) is 0 Å². The summed E-state index contributed by atoms with van der Waals surface area (Å²) in [4.78, 5) is 22.2. The first-order valence-corrected chi connectivity index (χ1v) is 6.42. The molecule has 0 saturated heterocycles. The number of aldehydes is 1. The molecule has 0 spiro atoms. The highest BCUT2D eigenvalue weighted by Gasteiger charge is 2.19. The zero-order valence-electron chi connectivity index (χ0n) is 9.53. The minimum atomic E-state index is -0.540. The number of thioether (sulfide) groups is 1. The van der Waals surface area contributed by atoms with E-state index in [-0.39, 0.29) is 11.8 Å². The average Bonchev–Trinajstić information content (AvgIpc) is 2.22. The number of carbonyl (C=O) groups is 2. The first-order chi connectivity index (χ1) is 7.02. The molecule has 0 aliphatic carbocycles. The van der Waals surface area contributed by atoms with Crippen LogP contribution < -0.4 is 11.1 Å². The Hall–Kier alpha value is -0.550. The van der Waals surface area contributed by atoms with Gasteiger partial charge in [0.15, 0.2) is 0 Å². The predicted molar refractivity (Wildman–Crippen MR) is 63.8 cm³/mol. The van der Waals surface area contributed by atoms with Crippen LogP contribution in [0.5, 0.6) is 0 Å². The summed E-state index contributed by atoms with van der Waals surface area (Å²) in [5.41, 5.74) is 5.66. The number of hydrogen-bond donors (Lipinski definition) is 2. The van der Waals surface area contributed by atoms with Gasteiger partial charge in [-0.15, -0.1) is 0 Å². The normalized spacial score (nSPS) is 14.7. The van der Waals surface area contributed by atoms with Gasteiger partial charge in [0.1, 0.15) is 6.29 Å². The lowest BCUT2D eigenvalue weighted by atomic mass is 10.0. The van der Waals surface area contributed by atoms with Crippen molar-refractivity contribution < 1.29 is 9.59 Å². The number of amides is 1. The molecule has 0 saturated carbocycles. The van der Waals surface area contributed by atoms with Gasteiger partial charge in [-0.05, 0) is 24.3 Å². The lowest BCUT2D eigenvalue weighted by molar-refractivity contribution is -0.125. The molecular weight excluding hydrogens is 212 g/mol. The Balaban J connectivity index is 4.06. The van der Waals surface area contributed by atoms with Gasteiger partial charge < -0.3 is 15.8 Å². The summed E-state index contributed by atoms with van der Waals surface area (Å²) in [6.07, 6.45) is 3.38. The van der Waals surface area contributed by atoms with Gasteiger partial charge in [0.05, 0.1) is 12.1 Å². The third kappa shape index (κ3) is 5.79. The summed E-state index contributed by atoms with van der Waals surface area (Å²) in [6.45, 7) is 3.75. The lowest BCUT2D eigenvalue weighted by Crippen LogP contribution is -2.48. The standard InChI is InChI=1S/C10H20N2O2S/c1-7(2)9(11)10(14)12-8(6-13)4-5-15-3/h6-9H,4-5,11H2,1-3H3,(H,12,14). The Morgan fingerprint density at radius 1 is 1.53 bits per heavy atom. The molecule has 0 radical (unpaired) electrons. The first kappa shape index (κ1) is 14.5. The molecule has 88 valence electrons. The lowest BCUT2D eigenvalue weighted by Gasteiger charge is -2.18. The number of hydrogen-bond acceptors (Lipinski definition) is 4. The van der Waals surface area contributed by atoms with Crippen LogP contribution in [0.15, 0.2) is 0 Å². The van der Waals surface area contributed by atoms with Crippen LogP contribution in [0.1, 0.15) is 20.3 Å². The molecule has 4 nitrogen and oxygen atoms in total. The van der Waals surface area contributed by atoms with Gasteiger partial charge in [-0.2, -0.15) is 11.8 Å². The van der Waals surface area contributed by atoms with E-state index in [0.29, 0.717) is 6.42 Å². The summed E-state index contributed by atoms with van der Waals surface area (Å²) >= 11 is 1.65. The zero-order chi connectivity index (χ0) is 11.8. The van der Waals surface area contributed by atoms with Crippen molar-refractivity contribution in [2.75, 3.05) is 12.0 Å². The molecule has 0 aromatic heterocycles. The monoisotopic (exact) mass is 232 g/mol. The fourth-order valence-electron chi connectivity index (χ4n) is 1.00. The molecule has 0 rings (SSSR count). The van der Waals surface area contributed by atoms with Crippen molar-refractivity contribution in [3.63, 3.8) is 0 Å². The van der Waals surface area contributed by atoms with E-state index in [1.807, 2.05) is 20.1 Å². The van der Waals surface area contributed by atoms with E-state index < -0.39 is 12.1 Å². The minimum absolute atomic E-state index is 0.0813. The van der Waals surface area contributed by atoms with Crippen LogP contribution in [-0.4, -0.2) is 36.3 Å². The van der Waals surface area contributed by atoms with Crippen molar-refractivity contribution in [3.05, 3.63) is 0 Å². The predicted octanol–water partition coefficient (Wildman–Crippen LogP) is 0.406. The molecule has 3 N–H and O–H groups in total. The number of rotatable bonds is 7. The molecular formula is C10H20N2O2S. The van der Waals surface area contributed by atoms with Crippen molar-refractivity contribution in [1.29, 1.82) is 0 Å². The molecule has 5 heteroatoms. The molecule has 2 unspecified atom stereocenters. The first-order valence-electron chi connectivity index (χ1n) is 5.03. The Morgan fingerprint density at radius 2 is 2.13 bits per heavy atom. The summed E-state index contributed by atoms with van der Waals surface area (Å²) in [7, 11) is 0. The Bertz CT molecular complexity index is 210. The van der Waals surface area contributed by atoms with Crippen molar-refractivity contribution >= 4 is 24.0 Å². The van der Waals surface area contributed by atoms with Gasteiger partial charge in [-0.3, -0.25) is 4.79 Å². The average molecular weight is 232 g/mol. The fraction of sp³-hybridized carbons (Fsp3) is 0.800. The van der Waals surface area contributed by atoms with Crippen LogP contribution in [0.4, 0.5) is 0 Å². The second kappa shape index (κ2) is 7.70.